The molecule has 3 aromatic rings. The number of amides is 1. The van der Waals surface area contributed by atoms with Crippen LogP contribution in [0.15, 0.2) is 73.8 Å². The first-order valence-corrected chi connectivity index (χ1v) is 11.1. The number of carbonyl (C=O) groups is 1. The summed E-state index contributed by atoms with van der Waals surface area (Å²) in [5.41, 5.74) is 5.56. The first-order chi connectivity index (χ1) is 14.6. The standard InChI is InChI=1S/C26H25BrN2O/c1-4-20-23(6-3)28-25(19-15-11-8-12-16-19)21(17-27)24(20)26(30)29-22(5-2)18-13-9-7-10-14-18/h4,6-16,22H,1,3,5,17H2,2H3,(H,29,30)/t22-/m0/s1. The second-order valence-electron chi connectivity index (χ2n) is 6.87. The lowest BCUT2D eigenvalue weighted by Crippen LogP contribution is -2.30. The van der Waals surface area contributed by atoms with Gasteiger partial charge in [-0.3, -0.25) is 4.79 Å². The maximum absolute atomic E-state index is 13.6. The number of hydrogen-bond acceptors (Lipinski definition) is 2. The van der Waals surface area contributed by atoms with Gasteiger partial charge in [-0.2, -0.15) is 0 Å². The fourth-order valence-corrected chi connectivity index (χ4v) is 4.13. The van der Waals surface area contributed by atoms with Crippen LogP contribution >= 0.6 is 15.9 Å². The molecule has 0 spiro atoms. The third-order valence-corrected chi connectivity index (χ3v) is 5.65. The maximum Gasteiger partial charge on any atom is 0.252 e. The highest BCUT2D eigenvalue weighted by molar-refractivity contribution is 9.08. The minimum atomic E-state index is -0.141. The van der Waals surface area contributed by atoms with Crippen molar-refractivity contribution >= 4 is 34.0 Å². The molecule has 1 N–H and O–H groups in total. The van der Waals surface area contributed by atoms with E-state index in [1.807, 2.05) is 60.7 Å². The molecule has 152 valence electrons. The largest absolute Gasteiger partial charge is 0.345 e. The first-order valence-electron chi connectivity index (χ1n) is 9.93. The average molecular weight is 461 g/mol. The summed E-state index contributed by atoms with van der Waals surface area (Å²) in [5.74, 6) is -0.141. The molecule has 1 aromatic heterocycles. The van der Waals surface area contributed by atoms with Gasteiger partial charge in [-0.25, -0.2) is 4.98 Å². The molecule has 0 saturated carbocycles. The third-order valence-electron chi connectivity index (χ3n) is 5.09. The minimum Gasteiger partial charge on any atom is -0.345 e. The molecule has 3 rings (SSSR count). The number of halogens is 1. The summed E-state index contributed by atoms with van der Waals surface area (Å²) >= 11 is 3.58. The van der Waals surface area contributed by atoms with Gasteiger partial charge in [-0.1, -0.05) is 103 Å². The van der Waals surface area contributed by atoms with Crippen LogP contribution in [0.2, 0.25) is 0 Å². The number of nitrogens with zero attached hydrogens (tertiary/aromatic N) is 1. The molecule has 1 atom stereocenters. The van der Waals surface area contributed by atoms with E-state index in [2.05, 4.69) is 41.3 Å². The summed E-state index contributed by atoms with van der Waals surface area (Å²) in [4.78, 5) is 18.4. The van der Waals surface area contributed by atoms with Gasteiger partial charge in [-0.15, -0.1) is 0 Å². The Balaban J connectivity index is 2.15. The summed E-state index contributed by atoms with van der Waals surface area (Å²) in [6.07, 6.45) is 4.14. The molecule has 0 aliphatic rings. The minimum absolute atomic E-state index is 0.0833. The van der Waals surface area contributed by atoms with Crippen LogP contribution in [0, 0.1) is 0 Å². The predicted molar refractivity (Wildman–Crippen MR) is 129 cm³/mol. The number of pyridine rings is 1. The zero-order valence-electron chi connectivity index (χ0n) is 17.1. The van der Waals surface area contributed by atoms with Crippen LogP contribution in [0.25, 0.3) is 23.4 Å². The van der Waals surface area contributed by atoms with Gasteiger partial charge in [0.05, 0.1) is 23.0 Å². The molecule has 0 radical (unpaired) electrons. The van der Waals surface area contributed by atoms with Crippen LogP contribution in [-0.2, 0) is 5.33 Å². The van der Waals surface area contributed by atoms with Crippen molar-refractivity contribution in [2.45, 2.75) is 24.7 Å². The van der Waals surface area contributed by atoms with Gasteiger partial charge >= 0.3 is 0 Å². The molecule has 0 unspecified atom stereocenters. The van der Waals surface area contributed by atoms with Crippen molar-refractivity contribution in [3.05, 3.63) is 102 Å². The number of nitrogens with one attached hydrogen (secondary N) is 1. The van der Waals surface area contributed by atoms with Crippen molar-refractivity contribution in [3.63, 3.8) is 0 Å². The van der Waals surface area contributed by atoms with Gasteiger partial charge in [0.1, 0.15) is 0 Å². The molecular formula is C26H25BrN2O. The number of aromatic nitrogens is 1. The van der Waals surface area contributed by atoms with E-state index < -0.39 is 0 Å². The lowest BCUT2D eigenvalue weighted by Gasteiger charge is -2.22. The number of carbonyl (C=O) groups excluding carboxylic acids is 1. The highest BCUT2D eigenvalue weighted by Gasteiger charge is 2.24. The summed E-state index contributed by atoms with van der Waals surface area (Å²) in [5, 5.41) is 3.70. The fraction of sp³-hybridized carbons (Fsp3) is 0.154. The normalized spacial score (nSPS) is 11.5. The monoisotopic (exact) mass is 460 g/mol. The van der Waals surface area contributed by atoms with Crippen LogP contribution < -0.4 is 5.32 Å². The van der Waals surface area contributed by atoms with Crippen molar-refractivity contribution in [3.8, 4) is 11.3 Å². The van der Waals surface area contributed by atoms with Crippen LogP contribution in [0.3, 0.4) is 0 Å². The highest BCUT2D eigenvalue weighted by atomic mass is 79.9. The van der Waals surface area contributed by atoms with Gasteiger partial charge in [0.15, 0.2) is 0 Å². The van der Waals surface area contributed by atoms with Crippen LogP contribution in [0.4, 0.5) is 0 Å². The second-order valence-corrected chi connectivity index (χ2v) is 7.43. The zero-order chi connectivity index (χ0) is 21.5. The van der Waals surface area contributed by atoms with Gasteiger partial charge < -0.3 is 5.32 Å². The summed E-state index contributed by atoms with van der Waals surface area (Å²) in [6, 6.07) is 19.8. The molecule has 1 amide bonds. The Labute approximate surface area is 186 Å². The summed E-state index contributed by atoms with van der Waals surface area (Å²) in [6.45, 7) is 9.90. The van der Waals surface area contributed by atoms with Crippen LogP contribution in [-0.4, -0.2) is 10.9 Å². The van der Waals surface area contributed by atoms with Crippen molar-refractivity contribution in [1.82, 2.24) is 10.3 Å². The first kappa shape index (κ1) is 21.7. The Morgan fingerprint density at radius 3 is 2.23 bits per heavy atom. The number of alkyl halides is 1. The van der Waals surface area contributed by atoms with E-state index in [0.717, 1.165) is 28.8 Å². The van der Waals surface area contributed by atoms with Crippen molar-refractivity contribution < 1.29 is 4.79 Å². The smallest absolute Gasteiger partial charge is 0.252 e. The lowest BCUT2D eigenvalue weighted by atomic mass is 9.94. The van der Waals surface area contributed by atoms with Crippen molar-refractivity contribution in [2.24, 2.45) is 0 Å². The fourth-order valence-electron chi connectivity index (χ4n) is 3.58. The maximum atomic E-state index is 13.6. The SMILES string of the molecule is C=Cc1nc(-c2ccccc2)c(CBr)c(C(=O)N[C@@H](CC)c2ccccc2)c1C=C. The molecule has 4 heteroatoms. The zero-order valence-corrected chi connectivity index (χ0v) is 18.7. The van der Waals surface area contributed by atoms with E-state index in [-0.39, 0.29) is 11.9 Å². The second kappa shape index (κ2) is 10.2. The Morgan fingerprint density at radius 1 is 1.07 bits per heavy atom. The van der Waals surface area contributed by atoms with Crippen LogP contribution in [0.5, 0.6) is 0 Å². The number of benzene rings is 2. The van der Waals surface area contributed by atoms with Crippen molar-refractivity contribution in [1.29, 1.82) is 0 Å². The van der Waals surface area contributed by atoms with Gasteiger partial charge in [0.25, 0.3) is 5.91 Å². The Morgan fingerprint density at radius 2 is 1.70 bits per heavy atom. The predicted octanol–water partition coefficient (Wildman–Crippen LogP) is 6.81. The number of rotatable bonds is 8. The lowest BCUT2D eigenvalue weighted by molar-refractivity contribution is 0.0934. The molecule has 30 heavy (non-hydrogen) atoms. The van der Waals surface area contributed by atoms with E-state index in [9.17, 15) is 4.79 Å². The molecule has 0 fully saturated rings. The molecule has 1 heterocycles. The van der Waals surface area contributed by atoms with E-state index in [1.165, 1.54) is 0 Å². The third kappa shape index (κ3) is 4.44. The van der Waals surface area contributed by atoms with Gasteiger partial charge in [-0.05, 0) is 18.1 Å². The number of hydrogen-bond donors (Lipinski definition) is 1. The van der Waals surface area contributed by atoms with E-state index in [4.69, 9.17) is 4.98 Å². The molecule has 2 aromatic carbocycles. The van der Waals surface area contributed by atoms with Crippen LogP contribution in [0.1, 0.15) is 52.1 Å². The summed E-state index contributed by atoms with van der Waals surface area (Å²) < 4.78 is 0. The molecule has 0 aliphatic carbocycles. The Hall–Kier alpha value is -2.98. The van der Waals surface area contributed by atoms with E-state index in [1.54, 1.807) is 12.2 Å². The van der Waals surface area contributed by atoms with E-state index in [0.29, 0.717) is 22.2 Å². The quantitative estimate of drug-likeness (QED) is 0.375. The van der Waals surface area contributed by atoms with E-state index >= 15 is 0 Å². The highest BCUT2D eigenvalue weighted by Crippen LogP contribution is 2.32. The molecule has 0 aliphatic heterocycles. The van der Waals surface area contributed by atoms with Gasteiger partial charge in [0, 0.05) is 22.0 Å². The van der Waals surface area contributed by atoms with Crippen molar-refractivity contribution in [2.75, 3.05) is 0 Å². The average Bonchev–Trinajstić information content (AvgIpc) is 2.81. The molecule has 3 nitrogen and oxygen atoms in total. The van der Waals surface area contributed by atoms with Gasteiger partial charge in [0.2, 0.25) is 0 Å². The summed E-state index contributed by atoms with van der Waals surface area (Å²) in [7, 11) is 0. The Bertz CT molecular complexity index is 1050. The Kier molecular flexibility index (Phi) is 7.36. The molecule has 0 saturated heterocycles. The molecule has 0 bridgehead atoms. The topological polar surface area (TPSA) is 42.0 Å². The molecular weight excluding hydrogens is 436 g/mol.